The Bertz CT molecular complexity index is 220. The van der Waals surface area contributed by atoms with E-state index >= 15 is 0 Å². The van der Waals surface area contributed by atoms with Crippen molar-refractivity contribution in [2.75, 3.05) is 0 Å². The van der Waals surface area contributed by atoms with Gasteiger partial charge in [0, 0.05) is 12.8 Å². The molecule has 2 amide bonds. The molecular formula is C8H14N2O6. The van der Waals surface area contributed by atoms with Gasteiger partial charge in [0.2, 0.25) is 11.8 Å². The Kier molecular flexibility index (Phi) is 9.62. The van der Waals surface area contributed by atoms with Crippen LogP contribution < -0.4 is 11.5 Å². The van der Waals surface area contributed by atoms with Crippen molar-refractivity contribution in [1.29, 1.82) is 0 Å². The summed E-state index contributed by atoms with van der Waals surface area (Å²) in [5.74, 6) is -3.15. The van der Waals surface area contributed by atoms with Gasteiger partial charge in [-0.1, -0.05) is 0 Å². The van der Waals surface area contributed by atoms with Crippen molar-refractivity contribution in [3.8, 4) is 0 Å². The van der Waals surface area contributed by atoms with E-state index in [4.69, 9.17) is 10.2 Å². The topological polar surface area (TPSA) is 161 Å². The Morgan fingerprint density at radius 3 is 1.00 bits per heavy atom. The fourth-order valence-electron chi connectivity index (χ4n) is 0.460. The molecule has 0 heterocycles. The van der Waals surface area contributed by atoms with Gasteiger partial charge in [-0.25, -0.2) is 0 Å². The lowest BCUT2D eigenvalue weighted by atomic mass is 10.3. The number of carboxylic acids is 2. The molecule has 16 heavy (non-hydrogen) atoms. The van der Waals surface area contributed by atoms with Crippen LogP contribution in [0, 0.1) is 0 Å². The normalized spacial score (nSPS) is 8.50. The minimum Gasteiger partial charge on any atom is -0.481 e. The smallest absolute Gasteiger partial charge is 0.303 e. The molecule has 0 aliphatic carbocycles. The molecule has 0 bridgehead atoms. The van der Waals surface area contributed by atoms with Crippen LogP contribution in [0.5, 0.6) is 0 Å². The number of rotatable bonds is 6. The summed E-state index contributed by atoms with van der Waals surface area (Å²) in [7, 11) is 0. The molecule has 0 atom stereocenters. The highest BCUT2D eigenvalue weighted by atomic mass is 16.4. The monoisotopic (exact) mass is 234 g/mol. The molecule has 0 saturated heterocycles. The average Bonchev–Trinajstić information content (AvgIpc) is 2.12. The first kappa shape index (κ1) is 16.3. The quantitative estimate of drug-likeness (QED) is 0.445. The molecule has 92 valence electrons. The summed E-state index contributed by atoms with van der Waals surface area (Å²) in [5, 5.41) is 15.9. The lowest BCUT2D eigenvalue weighted by molar-refractivity contribution is -0.139. The Balaban J connectivity index is 0. The second-order valence-electron chi connectivity index (χ2n) is 2.72. The Morgan fingerprint density at radius 1 is 0.688 bits per heavy atom. The lowest BCUT2D eigenvalue weighted by Crippen LogP contribution is -2.12. The van der Waals surface area contributed by atoms with E-state index in [9.17, 15) is 19.2 Å². The molecule has 0 rings (SSSR count). The molecule has 8 heteroatoms. The van der Waals surface area contributed by atoms with Crippen molar-refractivity contribution in [2.45, 2.75) is 25.7 Å². The van der Waals surface area contributed by atoms with Crippen molar-refractivity contribution in [3.63, 3.8) is 0 Å². The van der Waals surface area contributed by atoms with E-state index < -0.39 is 23.8 Å². The zero-order chi connectivity index (χ0) is 13.1. The maximum Gasteiger partial charge on any atom is 0.303 e. The molecule has 0 radical (unpaired) electrons. The van der Waals surface area contributed by atoms with E-state index in [1.165, 1.54) is 0 Å². The molecule has 0 aliphatic rings. The number of hydrogen-bond donors (Lipinski definition) is 4. The third-order valence-electron chi connectivity index (χ3n) is 1.17. The van der Waals surface area contributed by atoms with Gasteiger partial charge in [-0.2, -0.15) is 0 Å². The molecule has 0 spiro atoms. The standard InChI is InChI=1S/2C4H7NO3/c2*5-3(6)1-2-4(7)8/h2*1-2H2,(H2,5,6)(H,7,8). The summed E-state index contributed by atoms with van der Waals surface area (Å²) in [6.07, 6.45) is -0.491. The highest BCUT2D eigenvalue weighted by Crippen LogP contribution is 1.84. The fourth-order valence-corrected chi connectivity index (χ4v) is 0.460. The highest BCUT2D eigenvalue weighted by Gasteiger charge is 1.99. The predicted molar refractivity (Wildman–Crippen MR) is 52.1 cm³/mol. The van der Waals surface area contributed by atoms with Gasteiger partial charge < -0.3 is 21.7 Å². The third-order valence-corrected chi connectivity index (χ3v) is 1.17. The maximum absolute atomic E-state index is 9.86. The van der Waals surface area contributed by atoms with Crippen LogP contribution in [0.4, 0.5) is 0 Å². The van der Waals surface area contributed by atoms with Crippen LogP contribution in [0.3, 0.4) is 0 Å². The Hall–Kier alpha value is -2.12. The van der Waals surface area contributed by atoms with Gasteiger partial charge in [0.15, 0.2) is 0 Å². The first-order chi connectivity index (χ1) is 7.25. The summed E-state index contributed by atoms with van der Waals surface area (Å²) in [6, 6.07) is 0. The molecule has 0 saturated carbocycles. The van der Waals surface area contributed by atoms with Crippen molar-refractivity contribution in [3.05, 3.63) is 0 Å². The van der Waals surface area contributed by atoms with E-state index in [0.717, 1.165) is 0 Å². The van der Waals surface area contributed by atoms with Gasteiger partial charge in [0.1, 0.15) is 0 Å². The number of hydrogen-bond acceptors (Lipinski definition) is 4. The van der Waals surface area contributed by atoms with Crippen LogP contribution in [0.1, 0.15) is 25.7 Å². The largest absolute Gasteiger partial charge is 0.481 e. The molecule has 0 aliphatic heterocycles. The average molecular weight is 234 g/mol. The van der Waals surface area contributed by atoms with E-state index in [1.807, 2.05) is 0 Å². The minimum absolute atomic E-state index is 0.0741. The molecule has 0 aromatic heterocycles. The molecule has 0 unspecified atom stereocenters. The summed E-state index contributed by atoms with van der Waals surface area (Å²) in [4.78, 5) is 39.1. The van der Waals surface area contributed by atoms with Crippen LogP contribution in [-0.4, -0.2) is 34.0 Å². The zero-order valence-electron chi connectivity index (χ0n) is 8.51. The van der Waals surface area contributed by atoms with E-state index in [0.29, 0.717) is 0 Å². The van der Waals surface area contributed by atoms with Crippen LogP contribution in [-0.2, 0) is 19.2 Å². The number of primary amides is 2. The van der Waals surface area contributed by atoms with Gasteiger partial charge in [-0.15, -0.1) is 0 Å². The second kappa shape index (κ2) is 9.44. The van der Waals surface area contributed by atoms with Crippen molar-refractivity contribution in [2.24, 2.45) is 11.5 Å². The van der Waals surface area contributed by atoms with E-state index in [1.54, 1.807) is 0 Å². The van der Waals surface area contributed by atoms with Crippen molar-refractivity contribution in [1.82, 2.24) is 0 Å². The molecule has 6 N–H and O–H groups in total. The van der Waals surface area contributed by atoms with Gasteiger partial charge in [-0.3, -0.25) is 19.2 Å². The fraction of sp³-hybridized carbons (Fsp3) is 0.500. The third kappa shape index (κ3) is 22.6. The molecular weight excluding hydrogens is 220 g/mol. The van der Waals surface area contributed by atoms with Crippen LogP contribution in [0.2, 0.25) is 0 Å². The molecule has 8 nitrogen and oxygen atoms in total. The van der Waals surface area contributed by atoms with Crippen molar-refractivity contribution < 1.29 is 29.4 Å². The lowest BCUT2D eigenvalue weighted by Gasteiger charge is -1.86. The zero-order valence-corrected chi connectivity index (χ0v) is 8.51. The minimum atomic E-state index is -0.996. The summed E-state index contributed by atoms with van der Waals surface area (Å²) in [6.45, 7) is 0. The van der Waals surface area contributed by atoms with Crippen LogP contribution >= 0.6 is 0 Å². The number of carboxylic acid groups (broad SMARTS) is 2. The van der Waals surface area contributed by atoms with Gasteiger partial charge in [-0.05, 0) is 0 Å². The number of carbonyl (C=O) groups excluding carboxylic acids is 2. The Morgan fingerprint density at radius 2 is 0.938 bits per heavy atom. The van der Waals surface area contributed by atoms with Crippen molar-refractivity contribution >= 4 is 23.8 Å². The Labute approximate surface area is 91.2 Å². The van der Waals surface area contributed by atoms with E-state index in [-0.39, 0.29) is 25.7 Å². The van der Waals surface area contributed by atoms with Crippen LogP contribution in [0.15, 0.2) is 0 Å². The molecule has 0 aromatic rings. The van der Waals surface area contributed by atoms with Gasteiger partial charge in [0.25, 0.3) is 0 Å². The van der Waals surface area contributed by atoms with Crippen LogP contribution in [0.25, 0.3) is 0 Å². The number of nitrogens with two attached hydrogens (primary N) is 2. The number of carbonyl (C=O) groups is 4. The second-order valence-corrected chi connectivity index (χ2v) is 2.72. The highest BCUT2D eigenvalue weighted by molar-refractivity contribution is 5.79. The summed E-state index contributed by atoms with van der Waals surface area (Å²) < 4.78 is 0. The molecule has 0 fully saturated rings. The SMILES string of the molecule is NC(=O)CCC(=O)O.NC(=O)CCC(=O)O. The number of aliphatic carboxylic acids is 2. The first-order valence-corrected chi connectivity index (χ1v) is 4.26. The van der Waals surface area contributed by atoms with Gasteiger partial charge in [0.05, 0.1) is 12.8 Å². The van der Waals surface area contributed by atoms with E-state index in [2.05, 4.69) is 11.5 Å². The summed E-state index contributed by atoms with van der Waals surface area (Å²) >= 11 is 0. The summed E-state index contributed by atoms with van der Waals surface area (Å²) in [5.41, 5.74) is 9.28. The van der Waals surface area contributed by atoms with Gasteiger partial charge >= 0.3 is 11.9 Å². The number of amides is 2. The predicted octanol–water partition coefficient (Wildman–Crippen LogP) is -1.33. The first-order valence-electron chi connectivity index (χ1n) is 4.26. The maximum atomic E-state index is 9.86. The molecule has 0 aromatic carbocycles.